The van der Waals surface area contributed by atoms with Gasteiger partial charge in [0.15, 0.2) is 17.2 Å². The summed E-state index contributed by atoms with van der Waals surface area (Å²) >= 11 is 1.42. The van der Waals surface area contributed by atoms with Crippen molar-refractivity contribution in [2.45, 2.75) is 5.16 Å². The number of ether oxygens (including phenoxy) is 1. The average Bonchev–Trinajstić information content (AvgIpc) is 2.98. The Kier molecular flexibility index (Phi) is 4.00. The van der Waals surface area contributed by atoms with E-state index in [1.54, 1.807) is 18.2 Å². The Bertz CT molecular complexity index is 1000. The summed E-state index contributed by atoms with van der Waals surface area (Å²) in [6.45, 7) is 0.361. The zero-order valence-electron chi connectivity index (χ0n) is 12.6. The minimum Gasteiger partial charge on any atom is -0.490 e. The number of hydrogen-bond acceptors (Lipinski definition) is 5. The number of para-hydroxylation sites is 2. The number of H-pyrrole nitrogens is 1. The van der Waals surface area contributed by atoms with Crippen LogP contribution in [0.5, 0.6) is 5.75 Å². The van der Waals surface area contributed by atoms with Crippen LogP contribution in [0.15, 0.2) is 53.7 Å². The van der Waals surface area contributed by atoms with Crippen LogP contribution in [0.25, 0.3) is 22.1 Å². The molecule has 0 bridgehead atoms. The highest BCUT2D eigenvalue weighted by Crippen LogP contribution is 2.23. The molecule has 0 atom stereocenters. The number of aromatic nitrogens is 4. The summed E-state index contributed by atoms with van der Waals surface area (Å²) in [4.78, 5) is 7.71. The van der Waals surface area contributed by atoms with E-state index in [1.807, 2.05) is 24.3 Å². The van der Waals surface area contributed by atoms with E-state index in [-0.39, 0.29) is 11.6 Å². The highest BCUT2D eigenvalue weighted by Gasteiger charge is 2.09. The third-order valence-electron chi connectivity index (χ3n) is 3.51. The van der Waals surface area contributed by atoms with Crippen LogP contribution < -0.4 is 4.74 Å². The third kappa shape index (κ3) is 2.90. The highest BCUT2D eigenvalue weighted by atomic mass is 32.2. The Morgan fingerprint density at radius 3 is 2.79 bits per heavy atom. The van der Waals surface area contributed by atoms with Crippen LogP contribution in [0, 0.1) is 5.82 Å². The van der Waals surface area contributed by atoms with Gasteiger partial charge in [-0.3, -0.25) is 0 Å². The van der Waals surface area contributed by atoms with Crippen LogP contribution in [0.1, 0.15) is 0 Å². The number of thioether (sulfide) groups is 1. The van der Waals surface area contributed by atoms with E-state index in [9.17, 15) is 4.39 Å². The van der Waals surface area contributed by atoms with Crippen molar-refractivity contribution in [3.63, 3.8) is 0 Å². The van der Waals surface area contributed by atoms with Gasteiger partial charge in [-0.05, 0) is 18.2 Å². The molecule has 2 aromatic heterocycles. The van der Waals surface area contributed by atoms with Crippen LogP contribution in [-0.4, -0.2) is 32.5 Å². The van der Waals surface area contributed by atoms with Crippen LogP contribution in [-0.2, 0) is 0 Å². The van der Waals surface area contributed by atoms with Gasteiger partial charge in [0.1, 0.15) is 5.52 Å². The first kappa shape index (κ1) is 14.9. The predicted octanol–water partition coefficient (Wildman–Crippen LogP) is 3.82. The molecule has 0 amide bonds. The largest absolute Gasteiger partial charge is 0.490 e. The molecule has 0 unspecified atom stereocenters. The molecular weight excluding hydrogens is 327 g/mol. The molecule has 0 aliphatic rings. The second kappa shape index (κ2) is 6.45. The Morgan fingerprint density at radius 1 is 1.04 bits per heavy atom. The van der Waals surface area contributed by atoms with E-state index in [0.717, 1.165) is 16.4 Å². The first-order valence-electron chi connectivity index (χ1n) is 7.42. The van der Waals surface area contributed by atoms with E-state index < -0.39 is 0 Å². The van der Waals surface area contributed by atoms with Gasteiger partial charge in [0.2, 0.25) is 5.16 Å². The van der Waals surface area contributed by atoms with Crippen LogP contribution >= 0.6 is 11.8 Å². The monoisotopic (exact) mass is 340 g/mol. The lowest BCUT2D eigenvalue weighted by molar-refractivity contribution is 0.325. The fourth-order valence-electron chi connectivity index (χ4n) is 2.41. The standard InChI is InChI=1S/C17H13FN4OS/c18-12-6-2-4-8-14(12)23-9-10-24-17-20-16-15(21-22-17)11-5-1-3-7-13(11)19-16/h1-8H,9-10H2,(H,19,20,22). The molecule has 0 radical (unpaired) electrons. The molecular formula is C17H13FN4OS. The van der Waals surface area contributed by atoms with Crippen molar-refractivity contribution in [1.82, 2.24) is 20.2 Å². The normalized spacial score (nSPS) is 11.2. The molecule has 4 aromatic rings. The summed E-state index contributed by atoms with van der Waals surface area (Å²) < 4.78 is 18.9. The molecule has 0 fully saturated rings. The van der Waals surface area contributed by atoms with Crippen molar-refractivity contribution in [3.05, 3.63) is 54.3 Å². The Balaban J connectivity index is 1.43. The van der Waals surface area contributed by atoms with Crippen molar-refractivity contribution < 1.29 is 9.13 Å². The number of nitrogens with zero attached hydrogens (tertiary/aromatic N) is 3. The van der Waals surface area contributed by atoms with Crippen molar-refractivity contribution in [1.29, 1.82) is 0 Å². The van der Waals surface area contributed by atoms with Crippen LogP contribution in [0.3, 0.4) is 0 Å². The molecule has 5 nitrogen and oxygen atoms in total. The lowest BCUT2D eigenvalue weighted by Crippen LogP contribution is -2.02. The molecule has 120 valence electrons. The predicted molar refractivity (Wildman–Crippen MR) is 91.8 cm³/mol. The summed E-state index contributed by atoms with van der Waals surface area (Å²) in [5.41, 5.74) is 2.46. The maximum absolute atomic E-state index is 13.4. The number of fused-ring (bicyclic) bond motifs is 3. The van der Waals surface area contributed by atoms with Crippen molar-refractivity contribution in [2.75, 3.05) is 12.4 Å². The summed E-state index contributed by atoms with van der Waals surface area (Å²) in [5.74, 6) is 0.491. The van der Waals surface area contributed by atoms with E-state index in [1.165, 1.54) is 17.8 Å². The number of halogens is 1. The molecule has 24 heavy (non-hydrogen) atoms. The summed E-state index contributed by atoms with van der Waals surface area (Å²) in [7, 11) is 0. The van der Waals surface area contributed by atoms with E-state index >= 15 is 0 Å². The van der Waals surface area contributed by atoms with Gasteiger partial charge >= 0.3 is 0 Å². The molecule has 7 heteroatoms. The minimum absolute atomic E-state index is 0.253. The zero-order valence-corrected chi connectivity index (χ0v) is 13.4. The second-order valence-electron chi connectivity index (χ2n) is 5.09. The number of rotatable bonds is 5. The van der Waals surface area contributed by atoms with E-state index in [2.05, 4.69) is 20.2 Å². The van der Waals surface area contributed by atoms with E-state index in [0.29, 0.717) is 23.2 Å². The molecule has 0 spiro atoms. The number of aromatic amines is 1. The highest BCUT2D eigenvalue weighted by molar-refractivity contribution is 7.99. The third-order valence-corrected chi connectivity index (χ3v) is 4.31. The molecule has 0 saturated heterocycles. The number of benzene rings is 2. The van der Waals surface area contributed by atoms with Crippen LogP contribution in [0.4, 0.5) is 4.39 Å². The molecule has 0 aliphatic heterocycles. The zero-order chi connectivity index (χ0) is 16.4. The van der Waals surface area contributed by atoms with Gasteiger partial charge in [-0.2, -0.15) is 0 Å². The Morgan fingerprint density at radius 2 is 1.88 bits per heavy atom. The molecule has 1 N–H and O–H groups in total. The van der Waals surface area contributed by atoms with Gasteiger partial charge < -0.3 is 9.72 Å². The minimum atomic E-state index is -0.361. The van der Waals surface area contributed by atoms with Gasteiger partial charge in [-0.15, -0.1) is 10.2 Å². The topological polar surface area (TPSA) is 63.7 Å². The van der Waals surface area contributed by atoms with Gasteiger partial charge in [-0.25, -0.2) is 9.37 Å². The first-order chi connectivity index (χ1) is 11.8. The summed E-state index contributed by atoms with van der Waals surface area (Å²) in [6, 6.07) is 14.2. The molecule has 0 aliphatic carbocycles. The SMILES string of the molecule is Fc1ccccc1OCCSc1nnc2c(n1)[nH]c1ccccc12. The maximum Gasteiger partial charge on any atom is 0.211 e. The fourth-order valence-corrected chi connectivity index (χ4v) is 3.02. The number of hydrogen-bond donors (Lipinski definition) is 1. The van der Waals surface area contributed by atoms with Gasteiger partial charge in [-0.1, -0.05) is 42.1 Å². The quantitative estimate of drug-likeness (QED) is 0.442. The molecule has 2 heterocycles. The summed E-state index contributed by atoms with van der Waals surface area (Å²) in [5, 5.41) is 9.97. The molecule has 4 rings (SSSR count). The van der Waals surface area contributed by atoms with Crippen LogP contribution in [0.2, 0.25) is 0 Å². The first-order valence-corrected chi connectivity index (χ1v) is 8.41. The van der Waals surface area contributed by atoms with Gasteiger partial charge in [0.05, 0.1) is 6.61 Å². The fraction of sp³-hybridized carbons (Fsp3) is 0.118. The molecule has 0 saturated carbocycles. The average molecular weight is 340 g/mol. The molecule has 2 aromatic carbocycles. The maximum atomic E-state index is 13.4. The van der Waals surface area contributed by atoms with Crippen molar-refractivity contribution >= 4 is 33.8 Å². The van der Waals surface area contributed by atoms with Gasteiger partial charge in [0.25, 0.3) is 0 Å². The lowest BCUT2D eigenvalue weighted by Gasteiger charge is -2.05. The van der Waals surface area contributed by atoms with Crippen molar-refractivity contribution in [3.8, 4) is 5.75 Å². The van der Waals surface area contributed by atoms with Gasteiger partial charge in [0, 0.05) is 16.7 Å². The number of nitrogens with one attached hydrogen (secondary N) is 1. The Labute approximate surface area is 141 Å². The second-order valence-corrected chi connectivity index (χ2v) is 6.15. The Hall–Kier alpha value is -2.67. The smallest absolute Gasteiger partial charge is 0.211 e. The summed E-state index contributed by atoms with van der Waals surface area (Å²) in [6.07, 6.45) is 0. The lowest BCUT2D eigenvalue weighted by atomic mass is 10.2. The van der Waals surface area contributed by atoms with Crippen molar-refractivity contribution in [2.24, 2.45) is 0 Å². The van der Waals surface area contributed by atoms with E-state index in [4.69, 9.17) is 4.74 Å².